The van der Waals surface area contributed by atoms with Gasteiger partial charge in [-0.05, 0) is 50.6 Å². The van der Waals surface area contributed by atoms with E-state index in [1.165, 1.54) is 48.6 Å². The number of H-pyrrole nitrogens is 2. The maximum atomic E-state index is 4.65. The molecule has 0 radical (unpaired) electrons. The third kappa shape index (κ3) is 3.10. The Hall–Kier alpha value is -2.66. The molecule has 1 aliphatic rings. The van der Waals surface area contributed by atoms with Gasteiger partial charge in [-0.15, -0.1) is 0 Å². The van der Waals surface area contributed by atoms with Crippen molar-refractivity contribution in [2.45, 2.75) is 51.6 Å². The number of hydrogen-bond donors (Lipinski definition) is 2. The Labute approximate surface area is 165 Å². The fraction of sp³-hybridized carbons (Fsp3) is 0.391. The summed E-state index contributed by atoms with van der Waals surface area (Å²) in [5.74, 6) is 0.890. The Morgan fingerprint density at radius 2 is 1.96 bits per heavy atom. The van der Waals surface area contributed by atoms with Gasteiger partial charge in [0.05, 0.1) is 0 Å². The fourth-order valence-corrected chi connectivity index (χ4v) is 4.66. The van der Waals surface area contributed by atoms with E-state index in [9.17, 15) is 0 Å². The van der Waals surface area contributed by atoms with E-state index in [0.29, 0.717) is 6.04 Å². The molecule has 0 amide bonds. The maximum absolute atomic E-state index is 4.65. The number of benzene rings is 1. The highest BCUT2D eigenvalue weighted by atomic mass is 15.1. The first-order valence-electron chi connectivity index (χ1n) is 10.3. The number of aromatic nitrogens is 4. The molecule has 3 heterocycles. The van der Waals surface area contributed by atoms with Gasteiger partial charge in [0.1, 0.15) is 11.3 Å². The summed E-state index contributed by atoms with van der Waals surface area (Å²) in [4.78, 5) is 18.4. The van der Waals surface area contributed by atoms with E-state index in [-0.39, 0.29) is 0 Å². The van der Waals surface area contributed by atoms with Crippen molar-refractivity contribution in [2.75, 3.05) is 7.05 Å². The van der Waals surface area contributed by atoms with E-state index < -0.39 is 0 Å². The number of aromatic amines is 2. The summed E-state index contributed by atoms with van der Waals surface area (Å²) in [6.07, 6.45) is 8.65. The molecule has 5 nitrogen and oxygen atoms in total. The predicted molar refractivity (Wildman–Crippen MR) is 114 cm³/mol. The number of imidazole rings is 1. The Balaban J connectivity index is 1.52. The normalized spacial score (nSPS) is 15.8. The van der Waals surface area contributed by atoms with Crippen LogP contribution in [0.1, 0.15) is 43.5 Å². The molecule has 0 spiro atoms. The van der Waals surface area contributed by atoms with E-state index >= 15 is 0 Å². The molecule has 5 rings (SSSR count). The van der Waals surface area contributed by atoms with Gasteiger partial charge in [0.15, 0.2) is 5.65 Å². The second-order valence-electron chi connectivity index (χ2n) is 8.15. The number of fused-ring (bicyclic) bond motifs is 2. The molecule has 4 aromatic rings. The molecule has 3 aromatic heterocycles. The molecule has 1 aliphatic carbocycles. The summed E-state index contributed by atoms with van der Waals surface area (Å²) >= 11 is 0. The van der Waals surface area contributed by atoms with E-state index in [2.05, 4.69) is 56.1 Å². The lowest BCUT2D eigenvalue weighted by Crippen LogP contribution is -2.32. The lowest BCUT2D eigenvalue weighted by molar-refractivity contribution is 0.185. The predicted octanol–water partition coefficient (Wildman–Crippen LogP) is 5.18. The van der Waals surface area contributed by atoms with Crippen LogP contribution in [0.15, 0.2) is 36.5 Å². The molecule has 1 fully saturated rings. The average molecular weight is 374 g/mol. The first kappa shape index (κ1) is 17.4. The van der Waals surface area contributed by atoms with Crippen LogP contribution >= 0.6 is 0 Å². The van der Waals surface area contributed by atoms with E-state index in [0.717, 1.165) is 34.8 Å². The highest BCUT2D eigenvalue weighted by molar-refractivity contribution is 5.94. The van der Waals surface area contributed by atoms with Gasteiger partial charge in [0.2, 0.25) is 0 Å². The zero-order valence-electron chi connectivity index (χ0n) is 16.6. The fourth-order valence-electron chi connectivity index (χ4n) is 4.66. The molecule has 0 bridgehead atoms. The Morgan fingerprint density at radius 3 is 2.82 bits per heavy atom. The van der Waals surface area contributed by atoms with Gasteiger partial charge in [0.25, 0.3) is 0 Å². The summed E-state index contributed by atoms with van der Waals surface area (Å²) in [6, 6.07) is 11.6. The van der Waals surface area contributed by atoms with Crippen molar-refractivity contribution in [1.29, 1.82) is 0 Å². The van der Waals surface area contributed by atoms with Crippen LogP contribution < -0.4 is 0 Å². The second kappa shape index (κ2) is 7.06. The van der Waals surface area contributed by atoms with Gasteiger partial charge in [-0.2, -0.15) is 0 Å². The molecular weight excluding hydrogens is 346 g/mol. The topological polar surface area (TPSA) is 60.6 Å². The molecule has 1 aromatic carbocycles. The van der Waals surface area contributed by atoms with Crippen LogP contribution in [-0.4, -0.2) is 37.9 Å². The summed E-state index contributed by atoms with van der Waals surface area (Å²) < 4.78 is 0. The lowest BCUT2D eigenvalue weighted by Gasteiger charge is -2.31. The zero-order valence-corrected chi connectivity index (χ0v) is 16.6. The SMILES string of the molecule is Cc1nc2c(-c3cc4c(CN(C)C5CCCCC5)cccc4[nH]3)ccnc2[nH]1. The molecule has 0 unspecified atom stereocenters. The van der Waals surface area contributed by atoms with Crippen molar-refractivity contribution in [1.82, 2.24) is 24.8 Å². The number of pyridine rings is 1. The molecule has 0 saturated heterocycles. The quantitative estimate of drug-likeness (QED) is 0.518. The Kier molecular flexibility index (Phi) is 4.40. The van der Waals surface area contributed by atoms with Crippen molar-refractivity contribution in [3.63, 3.8) is 0 Å². The van der Waals surface area contributed by atoms with Crippen LogP contribution in [0.25, 0.3) is 33.3 Å². The largest absolute Gasteiger partial charge is 0.354 e. The summed E-state index contributed by atoms with van der Waals surface area (Å²) in [7, 11) is 2.28. The zero-order chi connectivity index (χ0) is 19.1. The minimum atomic E-state index is 0.717. The van der Waals surface area contributed by atoms with E-state index in [4.69, 9.17) is 0 Å². The number of rotatable bonds is 4. The van der Waals surface area contributed by atoms with Crippen molar-refractivity contribution in [2.24, 2.45) is 0 Å². The van der Waals surface area contributed by atoms with Crippen molar-refractivity contribution in [3.8, 4) is 11.3 Å². The Morgan fingerprint density at radius 1 is 1.11 bits per heavy atom. The van der Waals surface area contributed by atoms with Crippen LogP contribution in [0.5, 0.6) is 0 Å². The first-order valence-corrected chi connectivity index (χ1v) is 10.3. The van der Waals surface area contributed by atoms with E-state index in [1.807, 2.05) is 19.2 Å². The summed E-state index contributed by atoms with van der Waals surface area (Å²) in [5, 5.41) is 1.30. The summed E-state index contributed by atoms with van der Waals surface area (Å²) in [6.45, 7) is 2.96. The van der Waals surface area contributed by atoms with Gasteiger partial charge >= 0.3 is 0 Å². The monoisotopic (exact) mass is 373 g/mol. The van der Waals surface area contributed by atoms with Crippen LogP contribution in [0.3, 0.4) is 0 Å². The molecule has 144 valence electrons. The summed E-state index contributed by atoms with van der Waals surface area (Å²) in [5.41, 5.74) is 6.52. The van der Waals surface area contributed by atoms with Gasteiger partial charge < -0.3 is 9.97 Å². The average Bonchev–Trinajstić information content (AvgIpc) is 3.31. The molecule has 0 aliphatic heterocycles. The molecule has 0 atom stereocenters. The lowest BCUT2D eigenvalue weighted by atomic mass is 9.94. The standard InChI is InChI=1S/C23H27N5/c1-15-25-22-18(11-12-24-23(22)26-15)21-13-19-16(7-6-10-20(19)27-21)14-28(2)17-8-4-3-5-9-17/h6-7,10-13,17,27H,3-5,8-9,14H2,1-2H3,(H,24,25,26). The van der Waals surface area contributed by atoms with Crippen LogP contribution in [0, 0.1) is 6.92 Å². The van der Waals surface area contributed by atoms with Gasteiger partial charge in [0, 0.05) is 40.9 Å². The molecule has 1 saturated carbocycles. The van der Waals surface area contributed by atoms with Crippen LogP contribution in [0.4, 0.5) is 0 Å². The number of aryl methyl sites for hydroxylation is 1. The number of hydrogen-bond acceptors (Lipinski definition) is 3. The van der Waals surface area contributed by atoms with Crippen molar-refractivity contribution in [3.05, 3.63) is 47.9 Å². The van der Waals surface area contributed by atoms with Crippen molar-refractivity contribution >= 4 is 22.1 Å². The third-order valence-electron chi connectivity index (χ3n) is 6.17. The first-order chi connectivity index (χ1) is 13.7. The van der Waals surface area contributed by atoms with Gasteiger partial charge in [-0.1, -0.05) is 31.4 Å². The smallest absolute Gasteiger partial charge is 0.158 e. The molecule has 2 N–H and O–H groups in total. The highest BCUT2D eigenvalue weighted by Gasteiger charge is 2.19. The molecule has 28 heavy (non-hydrogen) atoms. The van der Waals surface area contributed by atoms with E-state index in [1.54, 1.807) is 0 Å². The maximum Gasteiger partial charge on any atom is 0.158 e. The van der Waals surface area contributed by atoms with Gasteiger partial charge in [-0.25, -0.2) is 9.97 Å². The minimum Gasteiger partial charge on any atom is -0.354 e. The number of nitrogens with zero attached hydrogens (tertiary/aromatic N) is 3. The minimum absolute atomic E-state index is 0.717. The second-order valence-corrected chi connectivity index (χ2v) is 8.15. The number of nitrogens with one attached hydrogen (secondary N) is 2. The molecular formula is C23H27N5. The van der Waals surface area contributed by atoms with Gasteiger partial charge in [-0.3, -0.25) is 4.90 Å². The molecule has 5 heteroatoms. The Bertz CT molecular complexity index is 1120. The highest BCUT2D eigenvalue weighted by Crippen LogP contribution is 2.31. The van der Waals surface area contributed by atoms with Crippen LogP contribution in [-0.2, 0) is 6.54 Å². The third-order valence-corrected chi connectivity index (χ3v) is 6.17. The van der Waals surface area contributed by atoms with Crippen LogP contribution in [0.2, 0.25) is 0 Å². The van der Waals surface area contributed by atoms with Crippen molar-refractivity contribution < 1.29 is 0 Å².